The predicted molar refractivity (Wildman–Crippen MR) is 104 cm³/mol. The Balaban J connectivity index is 1.71. The van der Waals surface area contributed by atoms with Gasteiger partial charge in [-0.2, -0.15) is 0 Å². The van der Waals surface area contributed by atoms with Crippen LogP contribution in [0.2, 0.25) is 0 Å². The van der Waals surface area contributed by atoms with Crippen molar-refractivity contribution in [3.8, 4) is 0 Å². The molecule has 7 nitrogen and oxygen atoms in total. The number of para-hydroxylation sites is 1. The Bertz CT molecular complexity index is 1170. The molecule has 1 aromatic carbocycles. The van der Waals surface area contributed by atoms with E-state index in [-0.39, 0.29) is 11.3 Å². The van der Waals surface area contributed by atoms with Crippen LogP contribution < -0.4 is 5.32 Å². The van der Waals surface area contributed by atoms with Gasteiger partial charge in [-0.25, -0.2) is 4.79 Å². The minimum atomic E-state index is -1.13. The van der Waals surface area contributed by atoms with E-state index in [2.05, 4.69) is 15.3 Å². The molecule has 0 aliphatic rings. The fourth-order valence-corrected chi connectivity index (χ4v) is 3.09. The number of anilines is 1. The molecule has 3 heterocycles. The molecule has 7 heteroatoms. The molecular weight excluding hydrogens is 356 g/mol. The summed E-state index contributed by atoms with van der Waals surface area (Å²) in [6, 6.07) is 14.6. The van der Waals surface area contributed by atoms with Gasteiger partial charge in [0, 0.05) is 29.5 Å². The van der Waals surface area contributed by atoms with Gasteiger partial charge in [0.2, 0.25) is 0 Å². The number of fused-ring (bicyclic) bond motifs is 1. The van der Waals surface area contributed by atoms with Gasteiger partial charge < -0.3 is 15.0 Å². The van der Waals surface area contributed by atoms with E-state index in [9.17, 15) is 14.7 Å². The third kappa shape index (κ3) is 3.33. The number of pyridine rings is 2. The smallest absolute Gasteiger partial charge is 0.337 e. The lowest BCUT2D eigenvalue weighted by atomic mass is 10.1. The van der Waals surface area contributed by atoms with Crippen molar-refractivity contribution in [2.45, 2.75) is 6.54 Å². The number of nitrogens with zero attached hydrogens (tertiary/aromatic N) is 3. The van der Waals surface area contributed by atoms with Crippen molar-refractivity contribution in [3.63, 3.8) is 0 Å². The van der Waals surface area contributed by atoms with Crippen molar-refractivity contribution in [1.29, 1.82) is 0 Å². The first-order valence-electron chi connectivity index (χ1n) is 8.60. The number of hydrogen-bond donors (Lipinski definition) is 2. The lowest BCUT2D eigenvalue weighted by molar-refractivity contribution is 0.0698. The van der Waals surface area contributed by atoms with E-state index in [4.69, 9.17) is 0 Å². The zero-order valence-corrected chi connectivity index (χ0v) is 14.7. The standard InChI is InChI=1S/C21H16N4O3/c26-20(24-18-11-22-10-8-16(18)21(27)28)17-13-25(12-14-5-3-4-9-23-14)19-7-2-1-6-15(17)19/h1-11,13H,12H2,(H,24,26)(H,27,28). The monoisotopic (exact) mass is 372 g/mol. The van der Waals surface area contributed by atoms with Crippen LogP contribution in [0, 0.1) is 0 Å². The normalized spacial score (nSPS) is 10.7. The molecule has 0 unspecified atom stereocenters. The van der Waals surface area contributed by atoms with Crippen LogP contribution in [-0.2, 0) is 6.54 Å². The molecule has 1 amide bonds. The molecular formula is C21H16N4O3. The Morgan fingerprint density at radius 3 is 2.61 bits per heavy atom. The summed E-state index contributed by atoms with van der Waals surface area (Å²) in [6.07, 6.45) is 6.18. The van der Waals surface area contributed by atoms with Crippen LogP contribution in [0.4, 0.5) is 5.69 Å². The Kier molecular flexibility index (Phi) is 4.55. The molecule has 4 aromatic rings. The van der Waals surface area contributed by atoms with E-state index in [1.165, 1.54) is 18.5 Å². The molecule has 4 rings (SSSR count). The fraction of sp³-hybridized carbons (Fsp3) is 0.0476. The number of hydrogen-bond acceptors (Lipinski definition) is 4. The second-order valence-corrected chi connectivity index (χ2v) is 6.19. The molecule has 2 N–H and O–H groups in total. The predicted octanol–water partition coefficient (Wildman–Crippen LogP) is 3.43. The van der Waals surface area contributed by atoms with E-state index in [1.807, 2.05) is 47.0 Å². The van der Waals surface area contributed by atoms with Gasteiger partial charge >= 0.3 is 5.97 Å². The maximum absolute atomic E-state index is 12.9. The molecule has 0 fully saturated rings. The minimum Gasteiger partial charge on any atom is -0.478 e. The Morgan fingerprint density at radius 2 is 1.82 bits per heavy atom. The lowest BCUT2D eigenvalue weighted by Gasteiger charge is -2.07. The minimum absolute atomic E-state index is 0.0134. The largest absolute Gasteiger partial charge is 0.478 e. The number of carboxylic acids is 1. The maximum atomic E-state index is 12.9. The van der Waals surface area contributed by atoms with Crippen molar-refractivity contribution in [3.05, 3.63) is 90.1 Å². The summed E-state index contributed by atoms with van der Waals surface area (Å²) in [5.41, 5.74) is 2.35. The molecule has 0 bridgehead atoms. The summed E-state index contributed by atoms with van der Waals surface area (Å²) >= 11 is 0. The second kappa shape index (κ2) is 7.32. The zero-order chi connectivity index (χ0) is 19.5. The average Bonchev–Trinajstić information content (AvgIpc) is 3.08. The van der Waals surface area contributed by atoms with Crippen LogP contribution in [-0.4, -0.2) is 31.5 Å². The summed E-state index contributed by atoms with van der Waals surface area (Å²) in [5, 5.41) is 12.7. The number of carbonyl (C=O) groups is 2. The van der Waals surface area contributed by atoms with Gasteiger partial charge in [0.15, 0.2) is 0 Å². The van der Waals surface area contributed by atoms with Crippen molar-refractivity contribution in [1.82, 2.24) is 14.5 Å². The quantitative estimate of drug-likeness (QED) is 0.559. The molecule has 28 heavy (non-hydrogen) atoms. The highest BCUT2D eigenvalue weighted by atomic mass is 16.4. The first-order chi connectivity index (χ1) is 13.6. The van der Waals surface area contributed by atoms with Crippen LogP contribution in [0.25, 0.3) is 10.9 Å². The van der Waals surface area contributed by atoms with E-state index < -0.39 is 11.9 Å². The van der Waals surface area contributed by atoms with Crippen LogP contribution in [0.1, 0.15) is 26.4 Å². The highest BCUT2D eigenvalue weighted by Crippen LogP contribution is 2.24. The number of aromatic carboxylic acids is 1. The maximum Gasteiger partial charge on any atom is 0.337 e. The van der Waals surface area contributed by atoms with E-state index in [0.717, 1.165) is 16.6 Å². The third-order valence-electron chi connectivity index (χ3n) is 4.39. The van der Waals surface area contributed by atoms with Crippen molar-refractivity contribution in [2.24, 2.45) is 0 Å². The molecule has 0 saturated carbocycles. The van der Waals surface area contributed by atoms with Crippen molar-refractivity contribution >= 4 is 28.5 Å². The summed E-state index contributed by atoms with van der Waals surface area (Å²) in [6.45, 7) is 0.516. The molecule has 3 aromatic heterocycles. The first kappa shape index (κ1) is 17.4. The highest BCUT2D eigenvalue weighted by Gasteiger charge is 2.18. The SMILES string of the molecule is O=C(O)c1ccncc1NC(=O)c1cn(Cc2ccccn2)c2ccccc12. The van der Waals surface area contributed by atoms with Crippen LogP contribution in [0.15, 0.2) is 73.3 Å². The van der Waals surface area contributed by atoms with Crippen molar-refractivity contribution < 1.29 is 14.7 Å². The number of carboxylic acid groups (broad SMARTS) is 1. The number of carbonyl (C=O) groups excluding carboxylic acids is 1. The summed E-state index contributed by atoms with van der Waals surface area (Å²) in [7, 11) is 0. The molecule has 0 aliphatic carbocycles. The Labute approximate surface area is 160 Å². The summed E-state index contributed by atoms with van der Waals surface area (Å²) < 4.78 is 1.95. The van der Waals surface area contributed by atoms with Gasteiger partial charge in [-0.05, 0) is 24.3 Å². The average molecular weight is 372 g/mol. The van der Waals surface area contributed by atoms with Gasteiger partial charge in [0.05, 0.1) is 35.2 Å². The summed E-state index contributed by atoms with van der Waals surface area (Å²) in [4.78, 5) is 32.5. The summed E-state index contributed by atoms with van der Waals surface area (Å²) in [5.74, 6) is -1.53. The third-order valence-corrected chi connectivity index (χ3v) is 4.39. The topological polar surface area (TPSA) is 97.1 Å². The highest BCUT2D eigenvalue weighted by molar-refractivity contribution is 6.14. The lowest BCUT2D eigenvalue weighted by Crippen LogP contribution is -2.15. The van der Waals surface area contributed by atoms with Gasteiger partial charge in [0.25, 0.3) is 5.91 Å². The number of nitrogens with one attached hydrogen (secondary N) is 1. The van der Waals surface area contributed by atoms with Gasteiger partial charge in [-0.3, -0.25) is 14.8 Å². The second-order valence-electron chi connectivity index (χ2n) is 6.19. The molecule has 0 aliphatic heterocycles. The van der Waals surface area contributed by atoms with E-state index in [1.54, 1.807) is 12.4 Å². The number of aromatic nitrogens is 3. The van der Waals surface area contributed by atoms with Crippen LogP contribution in [0.5, 0.6) is 0 Å². The van der Waals surface area contributed by atoms with Gasteiger partial charge in [-0.1, -0.05) is 24.3 Å². The Hall–Kier alpha value is -4.00. The molecule has 138 valence electrons. The van der Waals surface area contributed by atoms with E-state index in [0.29, 0.717) is 12.1 Å². The zero-order valence-electron chi connectivity index (χ0n) is 14.7. The van der Waals surface area contributed by atoms with Crippen LogP contribution >= 0.6 is 0 Å². The molecule has 0 spiro atoms. The molecule has 0 radical (unpaired) electrons. The van der Waals surface area contributed by atoms with E-state index >= 15 is 0 Å². The number of benzene rings is 1. The number of rotatable bonds is 5. The van der Waals surface area contributed by atoms with Gasteiger partial charge in [0.1, 0.15) is 0 Å². The molecule has 0 saturated heterocycles. The fourth-order valence-electron chi connectivity index (χ4n) is 3.09. The Morgan fingerprint density at radius 1 is 1.00 bits per heavy atom. The first-order valence-corrected chi connectivity index (χ1v) is 8.60. The molecule has 0 atom stereocenters. The van der Waals surface area contributed by atoms with Gasteiger partial charge in [-0.15, -0.1) is 0 Å². The number of amides is 1. The van der Waals surface area contributed by atoms with Crippen LogP contribution in [0.3, 0.4) is 0 Å². The van der Waals surface area contributed by atoms with Crippen molar-refractivity contribution in [2.75, 3.05) is 5.32 Å².